The number of primary amides is 1. The lowest BCUT2D eigenvalue weighted by Gasteiger charge is -2.36. The van der Waals surface area contributed by atoms with E-state index in [0.717, 1.165) is 52.0 Å². The molecule has 1 aliphatic rings. The van der Waals surface area contributed by atoms with Crippen molar-refractivity contribution < 1.29 is 9.53 Å². The van der Waals surface area contributed by atoms with Crippen LogP contribution >= 0.6 is 11.8 Å². The van der Waals surface area contributed by atoms with Crippen LogP contribution in [0.4, 0.5) is 10.5 Å². The van der Waals surface area contributed by atoms with E-state index in [0.29, 0.717) is 6.61 Å². The number of ether oxygens (including phenoxy) is 1. The molecule has 2 rings (SSSR count). The average Bonchev–Trinajstić information content (AvgIpc) is 2.58. The molecular formula is C17H27N3O2S. The van der Waals surface area contributed by atoms with E-state index in [1.54, 1.807) is 11.8 Å². The minimum atomic E-state index is -0.674. The zero-order valence-electron chi connectivity index (χ0n) is 13.9. The summed E-state index contributed by atoms with van der Waals surface area (Å²) < 4.78 is 4.73. The molecule has 0 unspecified atom stereocenters. The van der Waals surface area contributed by atoms with Crippen molar-refractivity contribution in [2.24, 2.45) is 5.73 Å². The Bertz CT molecular complexity index is 490. The third kappa shape index (κ3) is 6.31. The van der Waals surface area contributed by atoms with Gasteiger partial charge in [-0.25, -0.2) is 4.79 Å². The van der Waals surface area contributed by atoms with Crippen LogP contribution in [0.1, 0.15) is 19.3 Å². The number of carbonyl (C=O) groups excluding carboxylic acids is 1. The number of nitrogens with zero attached hydrogens (tertiary/aromatic N) is 2. The van der Waals surface area contributed by atoms with Crippen LogP contribution in [0.3, 0.4) is 0 Å². The highest BCUT2D eigenvalue weighted by atomic mass is 32.2. The molecular weight excluding hydrogens is 310 g/mol. The monoisotopic (exact) mass is 337 g/mol. The molecule has 1 saturated heterocycles. The van der Waals surface area contributed by atoms with E-state index in [4.69, 9.17) is 10.5 Å². The van der Waals surface area contributed by atoms with Crippen molar-refractivity contribution in [3.05, 3.63) is 24.3 Å². The van der Waals surface area contributed by atoms with E-state index >= 15 is 0 Å². The van der Waals surface area contributed by atoms with E-state index in [1.165, 1.54) is 10.6 Å². The minimum absolute atomic E-state index is 0.439. The summed E-state index contributed by atoms with van der Waals surface area (Å²) in [5.41, 5.74) is 6.26. The van der Waals surface area contributed by atoms with E-state index in [-0.39, 0.29) is 0 Å². The molecule has 6 heteroatoms. The lowest BCUT2D eigenvalue weighted by Crippen LogP contribution is -2.46. The van der Waals surface area contributed by atoms with Crippen molar-refractivity contribution in [1.29, 1.82) is 0 Å². The van der Waals surface area contributed by atoms with Crippen LogP contribution in [0.5, 0.6) is 0 Å². The predicted molar refractivity (Wildman–Crippen MR) is 96.3 cm³/mol. The molecule has 5 nitrogen and oxygen atoms in total. The van der Waals surface area contributed by atoms with Crippen molar-refractivity contribution in [1.82, 2.24) is 4.90 Å². The minimum Gasteiger partial charge on any atom is -0.450 e. The van der Waals surface area contributed by atoms with Gasteiger partial charge in [0, 0.05) is 36.8 Å². The Morgan fingerprint density at radius 2 is 2.00 bits per heavy atom. The van der Waals surface area contributed by atoms with Crippen LogP contribution in [-0.4, -0.2) is 56.6 Å². The van der Waals surface area contributed by atoms with E-state index < -0.39 is 6.09 Å². The number of nitrogens with two attached hydrogens (primary N) is 1. The van der Waals surface area contributed by atoms with Gasteiger partial charge in [-0.2, -0.15) is 0 Å². The van der Waals surface area contributed by atoms with Crippen LogP contribution in [-0.2, 0) is 4.74 Å². The third-order valence-corrected chi connectivity index (χ3v) is 4.88. The SMILES string of the molecule is CSc1cccc(N2CCN(CCCCCOC(N)=O)CC2)c1. The fourth-order valence-corrected chi connectivity index (χ4v) is 3.28. The molecule has 0 bridgehead atoms. The Balaban J connectivity index is 1.63. The van der Waals surface area contributed by atoms with Crippen molar-refractivity contribution in [2.45, 2.75) is 24.2 Å². The molecule has 1 amide bonds. The maximum Gasteiger partial charge on any atom is 0.404 e. The second-order valence-corrected chi connectivity index (χ2v) is 6.64. The summed E-state index contributed by atoms with van der Waals surface area (Å²) in [6.07, 6.45) is 4.55. The van der Waals surface area contributed by atoms with Crippen molar-refractivity contribution >= 4 is 23.5 Å². The zero-order chi connectivity index (χ0) is 16.5. The molecule has 2 N–H and O–H groups in total. The number of anilines is 1. The number of carbonyl (C=O) groups is 1. The van der Waals surface area contributed by atoms with Gasteiger partial charge < -0.3 is 15.4 Å². The lowest BCUT2D eigenvalue weighted by atomic mass is 10.2. The molecule has 1 heterocycles. The van der Waals surface area contributed by atoms with Crippen LogP contribution in [0.2, 0.25) is 0 Å². The summed E-state index contributed by atoms with van der Waals surface area (Å²) in [6, 6.07) is 8.78. The molecule has 1 fully saturated rings. The van der Waals surface area contributed by atoms with Crippen LogP contribution in [0.25, 0.3) is 0 Å². The smallest absolute Gasteiger partial charge is 0.404 e. The predicted octanol–water partition coefficient (Wildman–Crippen LogP) is 2.80. The first-order chi connectivity index (χ1) is 11.2. The molecule has 1 aromatic carbocycles. The quantitative estimate of drug-likeness (QED) is 0.584. The number of piperazine rings is 1. The molecule has 0 radical (unpaired) electrons. The number of rotatable bonds is 8. The normalized spacial score (nSPS) is 15.6. The first-order valence-corrected chi connectivity index (χ1v) is 9.45. The maximum absolute atomic E-state index is 10.5. The number of amides is 1. The van der Waals surface area contributed by atoms with Gasteiger partial charge in [0.25, 0.3) is 0 Å². The van der Waals surface area contributed by atoms with Gasteiger partial charge in [-0.15, -0.1) is 11.8 Å². The lowest BCUT2D eigenvalue weighted by molar-refractivity contribution is 0.153. The highest BCUT2D eigenvalue weighted by molar-refractivity contribution is 7.98. The third-order valence-electron chi connectivity index (χ3n) is 4.15. The van der Waals surface area contributed by atoms with E-state index in [9.17, 15) is 4.79 Å². The second-order valence-electron chi connectivity index (χ2n) is 5.76. The average molecular weight is 337 g/mol. The second kappa shape index (κ2) is 9.67. The Kier molecular flexibility index (Phi) is 7.55. The van der Waals surface area contributed by atoms with E-state index in [2.05, 4.69) is 40.3 Å². The summed E-state index contributed by atoms with van der Waals surface area (Å²) >= 11 is 1.79. The molecule has 0 spiro atoms. The van der Waals surface area contributed by atoms with Gasteiger partial charge in [-0.3, -0.25) is 4.90 Å². The Hall–Kier alpha value is -1.40. The summed E-state index contributed by atoms with van der Waals surface area (Å²) in [5, 5.41) is 0. The van der Waals surface area contributed by atoms with Gasteiger partial charge in [0.1, 0.15) is 0 Å². The molecule has 23 heavy (non-hydrogen) atoms. The highest BCUT2D eigenvalue weighted by Gasteiger charge is 2.16. The molecule has 0 aromatic heterocycles. The first-order valence-electron chi connectivity index (χ1n) is 8.22. The van der Waals surface area contributed by atoms with Crippen molar-refractivity contribution in [3.8, 4) is 0 Å². The number of benzene rings is 1. The van der Waals surface area contributed by atoms with Crippen molar-refractivity contribution in [3.63, 3.8) is 0 Å². The van der Waals surface area contributed by atoms with Gasteiger partial charge in [0.2, 0.25) is 0 Å². The standard InChI is InChI=1S/C17H27N3O2S/c1-23-16-7-5-6-15(14-16)20-11-9-19(10-12-20)8-3-2-4-13-22-17(18)21/h5-7,14H,2-4,8-13H2,1H3,(H2,18,21). The summed E-state index contributed by atoms with van der Waals surface area (Å²) in [7, 11) is 0. The molecule has 128 valence electrons. The largest absolute Gasteiger partial charge is 0.450 e. The highest BCUT2D eigenvalue weighted by Crippen LogP contribution is 2.23. The Labute approximate surface area is 143 Å². The number of hydrogen-bond donors (Lipinski definition) is 1. The van der Waals surface area contributed by atoms with Gasteiger partial charge in [-0.05, 0) is 50.3 Å². The topological polar surface area (TPSA) is 58.8 Å². The summed E-state index contributed by atoms with van der Waals surface area (Å²) in [6.45, 7) is 5.96. The maximum atomic E-state index is 10.5. The van der Waals surface area contributed by atoms with Gasteiger partial charge in [0.05, 0.1) is 6.61 Å². The fourth-order valence-electron chi connectivity index (χ4n) is 2.82. The molecule has 0 atom stereocenters. The van der Waals surface area contributed by atoms with E-state index in [1.807, 2.05) is 0 Å². The first kappa shape index (κ1) is 17.9. The summed E-state index contributed by atoms with van der Waals surface area (Å²) in [5.74, 6) is 0. The molecule has 1 aliphatic heterocycles. The van der Waals surface area contributed by atoms with Gasteiger partial charge in [-0.1, -0.05) is 6.07 Å². The number of unbranched alkanes of at least 4 members (excludes halogenated alkanes) is 2. The summed E-state index contributed by atoms with van der Waals surface area (Å²) in [4.78, 5) is 16.8. The zero-order valence-corrected chi connectivity index (χ0v) is 14.7. The van der Waals surface area contributed by atoms with Crippen LogP contribution < -0.4 is 10.6 Å². The molecule has 0 aliphatic carbocycles. The van der Waals surface area contributed by atoms with Gasteiger partial charge >= 0.3 is 6.09 Å². The van der Waals surface area contributed by atoms with Gasteiger partial charge in [0.15, 0.2) is 0 Å². The Morgan fingerprint density at radius 3 is 2.70 bits per heavy atom. The molecule has 1 aromatic rings. The molecule has 0 saturated carbocycles. The number of hydrogen-bond acceptors (Lipinski definition) is 5. The fraction of sp³-hybridized carbons (Fsp3) is 0.588. The van der Waals surface area contributed by atoms with Crippen LogP contribution in [0, 0.1) is 0 Å². The van der Waals surface area contributed by atoms with Crippen LogP contribution in [0.15, 0.2) is 29.2 Å². The van der Waals surface area contributed by atoms with Crippen molar-refractivity contribution in [2.75, 3.05) is 50.5 Å². The Morgan fingerprint density at radius 1 is 1.22 bits per heavy atom. The number of thioether (sulfide) groups is 1.